The number of carbonyl (C=O) groups is 1. The van der Waals surface area contributed by atoms with Crippen molar-refractivity contribution in [1.29, 1.82) is 0 Å². The first-order valence-electron chi connectivity index (χ1n) is 8.77. The molecule has 0 radical (unpaired) electrons. The summed E-state index contributed by atoms with van der Waals surface area (Å²) in [4.78, 5) is 17.3. The zero-order valence-electron chi connectivity index (χ0n) is 14.6. The average molecular weight is 333 g/mol. The highest BCUT2D eigenvalue weighted by atomic mass is 16.5. The van der Waals surface area contributed by atoms with Crippen molar-refractivity contribution in [2.45, 2.75) is 19.4 Å². The number of rotatable bonds is 5. The molecule has 3 rings (SSSR count). The predicted molar refractivity (Wildman–Crippen MR) is 92.9 cm³/mol. The summed E-state index contributed by atoms with van der Waals surface area (Å²) in [5.74, 6) is 1.37. The van der Waals surface area contributed by atoms with Crippen LogP contribution in [-0.2, 0) is 0 Å². The van der Waals surface area contributed by atoms with Crippen molar-refractivity contribution >= 4 is 5.91 Å². The third kappa shape index (κ3) is 3.65. The number of nitrogens with one attached hydrogen (secondary N) is 1. The van der Waals surface area contributed by atoms with E-state index in [-0.39, 0.29) is 5.91 Å². The Labute approximate surface area is 143 Å². The average Bonchev–Trinajstić information content (AvgIpc) is 3.12. The molecule has 0 aromatic heterocycles. The van der Waals surface area contributed by atoms with E-state index >= 15 is 0 Å². The number of hydrogen-bond donors (Lipinski definition) is 1. The van der Waals surface area contributed by atoms with E-state index in [0.29, 0.717) is 29.7 Å². The van der Waals surface area contributed by atoms with Gasteiger partial charge in [0.1, 0.15) is 0 Å². The number of piperazine rings is 1. The second-order valence-electron chi connectivity index (χ2n) is 6.28. The molecule has 2 aliphatic heterocycles. The maximum absolute atomic E-state index is 12.8. The smallest absolute Gasteiger partial charge is 0.254 e. The van der Waals surface area contributed by atoms with E-state index in [1.807, 2.05) is 24.0 Å². The molecule has 6 heteroatoms. The molecule has 2 saturated heterocycles. The molecule has 1 atom stereocenters. The fraction of sp³-hybridized carbons (Fsp3) is 0.611. The van der Waals surface area contributed by atoms with E-state index in [1.54, 1.807) is 13.2 Å². The Balaban J connectivity index is 1.66. The van der Waals surface area contributed by atoms with Gasteiger partial charge in [0.05, 0.1) is 13.7 Å². The molecule has 1 N–H and O–H groups in total. The van der Waals surface area contributed by atoms with Crippen molar-refractivity contribution in [2.24, 2.45) is 0 Å². The largest absolute Gasteiger partial charge is 0.493 e. The zero-order chi connectivity index (χ0) is 16.9. The molecule has 2 heterocycles. The van der Waals surface area contributed by atoms with E-state index < -0.39 is 0 Å². The van der Waals surface area contributed by atoms with Crippen LogP contribution in [0.5, 0.6) is 11.5 Å². The molecule has 132 valence electrons. The topological polar surface area (TPSA) is 54.0 Å². The summed E-state index contributed by atoms with van der Waals surface area (Å²) in [7, 11) is 1.60. The molecule has 1 amide bonds. The van der Waals surface area contributed by atoms with Crippen LogP contribution in [0.4, 0.5) is 0 Å². The van der Waals surface area contributed by atoms with Gasteiger partial charge in [0.25, 0.3) is 5.91 Å². The van der Waals surface area contributed by atoms with Crippen LogP contribution >= 0.6 is 0 Å². The molecule has 2 aliphatic rings. The molecule has 2 fully saturated rings. The van der Waals surface area contributed by atoms with E-state index in [9.17, 15) is 4.79 Å². The van der Waals surface area contributed by atoms with E-state index in [2.05, 4.69) is 10.2 Å². The molecular formula is C18H27N3O3. The number of likely N-dealkylation sites (tertiary alicyclic amines) is 1. The lowest BCUT2D eigenvalue weighted by molar-refractivity contribution is 0.0773. The van der Waals surface area contributed by atoms with E-state index in [0.717, 1.165) is 45.7 Å². The molecule has 0 bridgehead atoms. The van der Waals surface area contributed by atoms with Crippen LogP contribution < -0.4 is 14.8 Å². The zero-order valence-corrected chi connectivity index (χ0v) is 14.6. The fourth-order valence-electron chi connectivity index (χ4n) is 3.53. The van der Waals surface area contributed by atoms with Gasteiger partial charge in [0.15, 0.2) is 11.5 Å². The first-order chi connectivity index (χ1) is 11.7. The fourth-order valence-corrected chi connectivity index (χ4v) is 3.53. The Hall–Kier alpha value is -1.79. The number of hydrogen-bond acceptors (Lipinski definition) is 5. The summed E-state index contributed by atoms with van der Waals surface area (Å²) in [6.07, 6.45) is 1.06. The maximum atomic E-state index is 12.8. The van der Waals surface area contributed by atoms with Crippen molar-refractivity contribution < 1.29 is 14.3 Å². The summed E-state index contributed by atoms with van der Waals surface area (Å²) in [5.41, 5.74) is 0.663. The van der Waals surface area contributed by atoms with Gasteiger partial charge < -0.3 is 19.7 Å². The highest BCUT2D eigenvalue weighted by molar-refractivity contribution is 5.95. The predicted octanol–water partition coefficient (Wildman–Crippen LogP) is 1.21. The normalized spacial score (nSPS) is 21.8. The minimum atomic E-state index is 0.0778. The highest BCUT2D eigenvalue weighted by Crippen LogP contribution is 2.29. The molecule has 0 spiro atoms. The van der Waals surface area contributed by atoms with Gasteiger partial charge in [-0.3, -0.25) is 9.69 Å². The monoisotopic (exact) mass is 333 g/mol. The first kappa shape index (κ1) is 17.0. The van der Waals surface area contributed by atoms with Crippen LogP contribution in [0.25, 0.3) is 0 Å². The summed E-state index contributed by atoms with van der Waals surface area (Å²) < 4.78 is 10.9. The van der Waals surface area contributed by atoms with Gasteiger partial charge in [-0.2, -0.15) is 0 Å². The lowest BCUT2D eigenvalue weighted by Gasteiger charge is -2.32. The van der Waals surface area contributed by atoms with Crippen molar-refractivity contribution in [2.75, 3.05) is 53.0 Å². The van der Waals surface area contributed by atoms with Crippen LogP contribution in [0.15, 0.2) is 18.2 Å². The molecule has 1 aromatic carbocycles. The van der Waals surface area contributed by atoms with Gasteiger partial charge >= 0.3 is 0 Å². The molecule has 6 nitrogen and oxygen atoms in total. The van der Waals surface area contributed by atoms with Crippen LogP contribution in [0, 0.1) is 0 Å². The minimum Gasteiger partial charge on any atom is -0.493 e. The molecular weight excluding hydrogens is 306 g/mol. The lowest BCUT2D eigenvalue weighted by atomic mass is 10.1. The van der Waals surface area contributed by atoms with Gasteiger partial charge in [-0.15, -0.1) is 0 Å². The van der Waals surface area contributed by atoms with Gasteiger partial charge in [-0.25, -0.2) is 0 Å². The summed E-state index contributed by atoms with van der Waals surface area (Å²) in [6, 6.07) is 5.92. The van der Waals surface area contributed by atoms with Crippen LogP contribution in [0.3, 0.4) is 0 Å². The minimum absolute atomic E-state index is 0.0778. The van der Waals surface area contributed by atoms with Gasteiger partial charge in [0, 0.05) is 50.9 Å². The molecule has 1 unspecified atom stereocenters. The number of amides is 1. The third-order valence-corrected chi connectivity index (χ3v) is 4.83. The summed E-state index contributed by atoms with van der Waals surface area (Å²) in [6.45, 7) is 8.37. The standard InChI is InChI=1S/C18H27N3O3/c1-3-24-16-5-4-14(12-17(16)23-2)18(22)21-9-6-15(13-21)20-10-7-19-8-11-20/h4-5,12,15,19H,3,6-11,13H2,1-2H3. The molecule has 24 heavy (non-hydrogen) atoms. The SMILES string of the molecule is CCOc1ccc(C(=O)N2CCC(N3CCNCC3)C2)cc1OC. The van der Waals surface area contributed by atoms with Gasteiger partial charge in [-0.1, -0.05) is 0 Å². The second kappa shape index (κ2) is 7.85. The maximum Gasteiger partial charge on any atom is 0.254 e. The van der Waals surface area contributed by atoms with E-state index in [1.165, 1.54) is 0 Å². The van der Waals surface area contributed by atoms with Crippen molar-refractivity contribution in [3.8, 4) is 11.5 Å². The Morgan fingerprint density at radius 3 is 2.75 bits per heavy atom. The number of nitrogens with zero attached hydrogens (tertiary/aromatic N) is 2. The third-order valence-electron chi connectivity index (χ3n) is 4.83. The number of ether oxygens (including phenoxy) is 2. The van der Waals surface area contributed by atoms with Gasteiger partial charge in [-0.05, 0) is 31.5 Å². The molecule has 0 aliphatic carbocycles. The number of carbonyl (C=O) groups excluding carboxylic acids is 1. The van der Waals surface area contributed by atoms with Crippen molar-refractivity contribution in [1.82, 2.24) is 15.1 Å². The molecule has 0 saturated carbocycles. The van der Waals surface area contributed by atoms with Crippen molar-refractivity contribution in [3.05, 3.63) is 23.8 Å². The van der Waals surface area contributed by atoms with Gasteiger partial charge in [0.2, 0.25) is 0 Å². The van der Waals surface area contributed by atoms with Crippen LogP contribution in [-0.4, -0.2) is 74.7 Å². The summed E-state index contributed by atoms with van der Waals surface area (Å²) in [5, 5.41) is 3.38. The molecule has 1 aromatic rings. The van der Waals surface area contributed by atoms with Crippen LogP contribution in [0.2, 0.25) is 0 Å². The van der Waals surface area contributed by atoms with E-state index in [4.69, 9.17) is 9.47 Å². The number of benzene rings is 1. The Morgan fingerprint density at radius 1 is 1.25 bits per heavy atom. The highest BCUT2D eigenvalue weighted by Gasteiger charge is 2.31. The van der Waals surface area contributed by atoms with Crippen molar-refractivity contribution in [3.63, 3.8) is 0 Å². The second-order valence-corrected chi connectivity index (χ2v) is 6.28. The summed E-state index contributed by atoms with van der Waals surface area (Å²) >= 11 is 0. The number of methoxy groups -OCH3 is 1. The Kier molecular flexibility index (Phi) is 5.58. The quantitative estimate of drug-likeness (QED) is 0.878. The lowest BCUT2D eigenvalue weighted by Crippen LogP contribution is -2.49. The van der Waals surface area contributed by atoms with Crippen LogP contribution in [0.1, 0.15) is 23.7 Å². The first-order valence-corrected chi connectivity index (χ1v) is 8.77. The Morgan fingerprint density at radius 2 is 2.04 bits per heavy atom. The Bertz CT molecular complexity index is 573.